The Hall–Kier alpha value is -1.84. The van der Waals surface area contributed by atoms with Gasteiger partial charge < -0.3 is 9.47 Å². The Kier molecular flexibility index (Phi) is 11.5. The molecule has 0 spiro atoms. The van der Waals surface area contributed by atoms with Crippen LogP contribution in [0.4, 0.5) is 0 Å². The maximum atomic E-state index is 12.1. The molecule has 158 valence electrons. The van der Waals surface area contributed by atoms with Gasteiger partial charge in [-0.3, -0.25) is 9.59 Å². The minimum atomic E-state index is -0.279. The normalized spacial score (nSPS) is 11.3. The van der Waals surface area contributed by atoms with Crippen molar-refractivity contribution >= 4 is 11.9 Å². The van der Waals surface area contributed by atoms with Gasteiger partial charge in [-0.05, 0) is 36.8 Å². The molecule has 4 heteroatoms. The summed E-state index contributed by atoms with van der Waals surface area (Å²) in [5, 5.41) is 0. The van der Waals surface area contributed by atoms with Gasteiger partial charge in [0.25, 0.3) is 0 Å². The Morgan fingerprint density at radius 2 is 1.21 bits per heavy atom. The SMILES string of the molecule is CCCCCCC(=O)Oc1ccccc1OC(=O)CCCCCCC(C)(C)C. The van der Waals surface area contributed by atoms with Gasteiger partial charge in [0.1, 0.15) is 0 Å². The molecule has 0 bridgehead atoms. The van der Waals surface area contributed by atoms with Crippen LogP contribution in [0.5, 0.6) is 11.5 Å². The Balaban J connectivity index is 2.35. The zero-order chi connectivity index (χ0) is 20.8. The summed E-state index contributed by atoms with van der Waals surface area (Å²) in [6.07, 6.45) is 10.2. The first kappa shape index (κ1) is 24.2. The zero-order valence-electron chi connectivity index (χ0n) is 18.2. The van der Waals surface area contributed by atoms with Crippen molar-refractivity contribution in [3.8, 4) is 11.5 Å². The zero-order valence-corrected chi connectivity index (χ0v) is 18.2. The number of unbranched alkanes of at least 4 members (excludes halogenated alkanes) is 6. The molecule has 0 saturated heterocycles. The van der Waals surface area contributed by atoms with E-state index >= 15 is 0 Å². The van der Waals surface area contributed by atoms with Crippen LogP contribution in [-0.2, 0) is 9.59 Å². The molecule has 0 N–H and O–H groups in total. The molecule has 0 radical (unpaired) electrons. The van der Waals surface area contributed by atoms with E-state index in [1.165, 1.54) is 12.8 Å². The van der Waals surface area contributed by atoms with Gasteiger partial charge in [-0.1, -0.05) is 78.4 Å². The lowest BCUT2D eigenvalue weighted by Gasteiger charge is -2.17. The van der Waals surface area contributed by atoms with Crippen molar-refractivity contribution in [2.45, 2.75) is 98.3 Å². The number of rotatable bonds is 13. The minimum Gasteiger partial charge on any atom is -0.423 e. The fraction of sp³-hybridized carbons (Fsp3) is 0.667. The van der Waals surface area contributed by atoms with Gasteiger partial charge in [0, 0.05) is 12.8 Å². The smallest absolute Gasteiger partial charge is 0.311 e. The third-order valence-electron chi connectivity index (χ3n) is 4.59. The van der Waals surface area contributed by atoms with E-state index in [1.807, 2.05) is 0 Å². The average molecular weight is 391 g/mol. The number of carbonyl (C=O) groups is 2. The maximum Gasteiger partial charge on any atom is 0.311 e. The van der Waals surface area contributed by atoms with Crippen molar-refractivity contribution in [2.75, 3.05) is 0 Å². The van der Waals surface area contributed by atoms with Crippen molar-refractivity contribution in [3.63, 3.8) is 0 Å². The topological polar surface area (TPSA) is 52.6 Å². The first-order valence-electron chi connectivity index (χ1n) is 10.8. The third-order valence-corrected chi connectivity index (χ3v) is 4.59. The van der Waals surface area contributed by atoms with E-state index in [0.717, 1.165) is 44.9 Å². The fourth-order valence-corrected chi connectivity index (χ4v) is 2.94. The summed E-state index contributed by atoms with van der Waals surface area (Å²) >= 11 is 0. The second kappa shape index (κ2) is 13.4. The van der Waals surface area contributed by atoms with Crippen LogP contribution in [0.15, 0.2) is 24.3 Å². The number of hydrogen-bond acceptors (Lipinski definition) is 4. The summed E-state index contributed by atoms with van der Waals surface area (Å²) in [5.41, 5.74) is 0.371. The van der Waals surface area contributed by atoms with E-state index in [-0.39, 0.29) is 11.9 Å². The molecule has 0 heterocycles. The van der Waals surface area contributed by atoms with Crippen LogP contribution in [0.2, 0.25) is 0 Å². The molecule has 1 rings (SSSR count). The number of esters is 2. The Morgan fingerprint density at radius 1 is 0.750 bits per heavy atom. The average Bonchev–Trinajstić information content (AvgIpc) is 2.62. The Labute approximate surface area is 171 Å². The number of carbonyl (C=O) groups excluding carboxylic acids is 2. The van der Waals surface area contributed by atoms with Gasteiger partial charge in [0.2, 0.25) is 0 Å². The standard InChI is InChI=1S/C24H38O4/c1-5-6-7-10-17-22(25)27-20-15-12-13-16-21(20)28-23(26)18-11-8-9-14-19-24(2,3)4/h12-13,15-16H,5-11,14,17-19H2,1-4H3. The molecule has 1 aromatic rings. The molecule has 0 aliphatic rings. The molecular weight excluding hydrogens is 352 g/mol. The number of hydrogen-bond donors (Lipinski definition) is 0. The molecule has 0 fully saturated rings. The monoisotopic (exact) mass is 390 g/mol. The molecular formula is C24H38O4. The van der Waals surface area contributed by atoms with Crippen LogP contribution in [0, 0.1) is 5.41 Å². The van der Waals surface area contributed by atoms with E-state index < -0.39 is 0 Å². The number of ether oxygens (including phenoxy) is 2. The molecule has 0 aromatic heterocycles. The maximum absolute atomic E-state index is 12.1. The third kappa shape index (κ3) is 11.8. The summed E-state index contributed by atoms with van der Waals surface area (Å²) in [7, 11) is 0. The second-order valence-electron chi connectivity index (χ2n) is 8.68. The van der Waals surface area contributed by atoms with E-state index in [9.17, 15) is 9.59 Å². The molecule has 0 unspecified atom stereocenters. The quantitative estimate of drug-likeness (QED) is 0.210. The van der Waals surface area contributed by atoms with Gasteiger partial charge in [-0.25, -0.2) is 0 Å². The summed E-state index contributed by atoms with van der Waals surface area (Å²) < 4.78 is 10.8. The summed E-state index contributed by atoms with van der Waals surface area (Å²) in [5.74, 6) is 0.0874. The van der Waals surface area contributed by atoms with Crippen LogP contribution < -0.4 is 9.47 Å². The highest BCUT2D eigenvalue weighted by molar-refractivity contribution is 5.76. The van der Waals surface area contributed by atoms with E-state index in [1.54, 1.807) is 24.3 Å². The highest BCUT2D eigenvalue weighted by atomic mass is 16.6. The van der Waals surface area contributed by atoms with Gasteiger partial charge in [0.05, 0.1) is 0 Å². The van der Waals surface area contributed by atoms with Crippen LogP contribution in [0.1, 0.15) is 98.3 Å². The van der Waals surface area contributed by atoms with Crippen molar-refractivity contribution < 1.29 is 19.1 Å². The predicted octanol–water partition coefficient (Wildman–Crippen LogP) is 6.85. The van der Waals surface area contributed by atoms with Crippen LogP contribution >= 0.6 is 0 Å². The molecule has 0 saturated carbocycles. The van der Waals surface area contributed by atoms with Gasteiger partial charge in [0.15, 0.2) is 11.5 Å². The van der Waals surface area contributed by atoms with Crippen LogP contribution in [0.25, 0.3) is 0 Å². The van der Waals surface area contributed by atoms with Crippen LogP contribution in [-0.4, -0.2) is 11.9 Å². The Morgan fingerprint density at radius 3 is 1.68 bits per heavy atom. The van der Waals surface area contributed by atoms with Crippen molar-refractivity contribution in [2.24, 2.45) is 5.41 Å². The van der Waals surface area contributed by atoms with Gasteiger partial charge >= 0.3 is 11.9 Å². The summed E-state index contributed by atoms with van der Waals surface area (Å²) in [6.45, 7) is 8.88. The molecule has 1 aromatic carbocycles. The summed E-state index contributed by atoms with van der Waals surface area (Å²) in [4.78, 5) is 24.1. The van der Waals surface area contributed by atoms with Crippen molar-refractivity contribution in [1.29, 1.82) is 0 Å². The van der Waals surface area contributed by atoms with Gasteiger partial charge in [-0.2, -0.15) is 0 Å². The minimum absolute atomic E-state index is 0.276. The first-order chi connectivity index (χ1) is 13.3. The predicted molar refractivity (Wildman–Crippen MR) is 114 cm³/mol. The fourth-order valence-electron chi connectivity index (χ4n) is 2.94. The largest absolute Gasteiger partial charge is 0.423 e. The summed E-state index contributed by atoms with van der Waals surface area (Å²) in [6, 6.07) is 6.87. The van der Waals surface area contributed by atoms with Crippen molar-refractivity contribution in [3.05, 3.63) is 24.3 Å². The Bertz CT molecular complexity index is 587. The first-order valence-corrected chi connectivity index (χ1v) is 10.8. The molecule has 0 atom stereocenters. The highest BCUT2D eigenvalue weighted by Crippen LogP contribution is 2.28. The molecule has 0 aliphatic heterocycles. The molecule has 4 nitrogen and oxygen atoms in total. The second-order valence-corrected chi connectivity index (χ2v) is 8.68. The molecule has 0 amide bonds. The van der Waals surface area contributed by atoms with Crippen LogP contribution in [0.3, 0.4) is 0 Å². The van der Waals surface area contributed by atoms with E-state index in [2.05, 4.69) is 27.7 Å². The lowest BCUT2D eigenvalue weighted by Crippen LogP contribution is -2.12. The van der Waals surface area contributed by atoms with E-state index in [0.29, 0.717) is 29.8 Å². The van der Waals surface area contributed by atoms with Crippen molar-refractivity contribution in [1.82, 2.24) is 0 Å². The van der Waals surface area contributed by atoms with E-state index in [4.69, 9.17) is 9.47 Å². The molecule has 28 heavy (non-hydrogen) atoms. The number of para-hydroxylation sites is 2. The highest BCUT2D eigenvalue weighted by Gasteiger charge is 2.13. The lowest BCUT2D eigenvalue weighted by atomic mass is 9.89. The number of benzene rings is 1. The lowest BCUT2D eigenvalue weighted by molar-refractivity contribution is -0.137. The molecule has 0 aliphatic carbocycles. The van der Waals surface area contributed by atoms with Gasteiger partial charge in [-0.15, -0.1) is 0 Å².